The zero-order valence-corrected chi connectivity index (χ0v) is 21.7. The monoisotopic (exact) mass is 515 g/mol. The van der Waals surface area contributed by atoms with Gasteiger partial charge in [0, 0.05) is 53.9 Å². The smallest absolute Gasteiger partial charge is 0.0963 e. The fourth-order valence-corrected chi connectivity index (χ4v) is 7.46. The van der Waals surface area contributed by atoms with E-state index >= 15 is 0 Å². The first-order valence-electron chi connectivity index (χ1n) is 13.2. The number of rotatable bonds is 2. The van der Waals surface area contributed by atoms with Crippen molar-refractivity contribution in [2.75, 3.05) is 0 Å². The molecule has 0 saturated heterocycles. The molecule has 0 saturated carbocycles. The molecule has 0 aliphatic heterocycles. The average Bonchev–Trinajstić information content (AvgIpc) is 3.65. The lowest BCUT2D eigenvalue weighted by Crippen LogP contribution is -1.96. The Morgan fingerprint density at radius 2 is 1.26 bits per heavy atom. The fraction of sp³-hybridized carbons (Fsp3) is 0. The summed E-state index contributed by atoms with van der Waals surface area (Å²) in [6.07, 6.45) is 1.90. The average molecular weight is 516 g/mol. The molecule has 4 heterocycles. The first-order chi connectivity index (χ1) is 19.4. The topological polar surface area (TPSA) is 22.8 Å². The van der Waals surface area contributed by atoms with Gasteiger partial charge >= 0.3 is 0 Å². The molecule has 0 spiro atoms. The third-order valence-electron chi connectivity index (χ3n) is 7.95. The van der Waals surface area contributed by atoms with Crippen LogP contribution in [0.25, 0.3) is 75.3 Å². The van der Waals surface area contributed by atoms with E-state index in [0.29, 0.717) is 0 Å². The summed E-state index contributed by atoms with van der Waals surface area (Å²) in [5, 5.41) is 6.29. The summed E-state index contributed by atoms with van der Waals surface area (Å²) >= 11 is 1.86. The van der Waals surface area contributed by atoms with Gasteiger partial charge in [0.1, 0.15) is 0 Å². The summed E-state index contributed by atoms with van der Waals surface area (Å²) in [6, 6.07) is 43.7. The Labute approximate surface area is 227 Å². The normalized spacial score (nSPS) is 12.1. The molecule has 0 unspecified atom stereocenters. The van der Waals surface area contributed by atoms with Crippen LogP contribution in [0.4, 0.5) is 0 Å². The van der Waals surface area contributed by atoms with E-state index in [2.05, 4.69) is 124 Å². The number of para-hydroxylation sites is 2. The number of hydrogen-bond donors (Lipinski definition) is 0. The van der Waals surface area contributed by atoms with E-state index in [1.165, 1.54) is 58.6 Å². The van der Waals surface area contributed by atoms with Crippen LogP contribution in [-0.2, 0) is 0 Å². The predicted octanol–water partition coefficient (Wildman–Crippen LogP) is 9.64. The number of hydrogen-bond acceptors (Lipinski definition) is 2. The van der Waals surface area contributed by atoms with Gasteiger partial charge in [-0.05, 0) is 66.7 Å². The molecular formula is C35H21N3S. The van der Waals surface area contributed by atoms with Gasteiger partial charge in [-0.1, -0.05) is 54.6 Å². The number of benzene rings is 5. The second-order valence-electron chi connectivity index (χ2n) is 10.0. The molecule has 9 aromatic rings. The van der Waals surface area contributed by atoms with E-state index in [-0.39, 0.29) is 0 Å². The van der Waals surface area contributed by atoms with Crippen molar-refractivity contribution in [1.29, 1.82) is 0 Å². The molecule has 4 aromatic heterocycles. The van der Waals surface area contributed by atoms with Crippen molar-refractivity contribution < 1.29 is 0 Å². The fourth-order valence-electron chi connectivity index (χ4n) is 6.35. The van der Waals surface area contributed by atoms with E-state index in [1.807, 2.05) is 23.6 Å². The number of nitrogens with zero attached hydrogens (tertiary/aromatic N) is 3. The van der Waals surface area contributed by atoms with Gasteiger partial charge < -0.3 is 9.13 Å². The third kappa shape index (κ3) is 2.84. The summed E-state index contributed by atoms with van der Waals surface area (Å²) in [4.78, 5) is 4.86. The van der Waals surface area contributed by atoms with Crippen molar-refractivity contribution in [3.8, 4) is 11.4 Å². The molecule has 0 atom stereocenters. The van der Waals surface area contributed by atoms with Crippen LogP contribution in [0.3, 0.4) is 0 Å². The molecular weight excluding hydrogens is 494 g/mol. The molecule has 3 nitrogen and oxygen atoms in total. The van der Waals surface area contributed by atoms with Crippen LogP contribution in [0.2, 0.25) is 0 Å². The highest BCUT2D eigenvalue weighted by Crippen LogP contribution is 2.43. The molecule has 9 rings (SSSR count). The van der Waals surface area contributed by atoms with Crippen molar-refractivity contribution in [3.05, 3.63) is 128 Å². The van der Waals surface area contributed by atoms with Gasteiger partial charge in [0.2, 0.25) is 0 Å². The summed E-state index contributed by atoms with van der Waals surface area (Å²) in [6.45, 7) is 0. The van der Waals surface area contributed by atoms with Crippen LogP contribution < -0.4 is 0 Å². The SMILES string of the molecule is c1ccc(-n2c3ccccc3c3cc(-n4c5cccnc5c5ccc6sc7ccccc7c6c54)ccc32)cc1. The van der Waals surface area contributed by atoms with E-state index in [0.717, 1.165) is 16.7 Å². The molecule has 0 fully saturated rings. The quantitative estimate of drug-likeness (QED) is 0.225. The largest absolute Gasteiger partial charge is 0.309 e. The summed E-state index contributed by atoms with van der Waals surface area (Å²) in [5.41, 5.74) is 8.13. The van der Waals surface area contributed by atoms with Gasteiger partial charge in [0.15, 0.2) is 0 Å². The van der Waals surface area contributed by atoms with Crippen molar-refractivity contribution in [2.24, 2.45) is 0 Å². The molecule has 0 bridgehead atoms. The van der Waals surface area contributed by atoms with Crippen LogP contribution in [0.5, 0.6) is 0 Å². The number of thiophene rings is 1. The number of aromatic nitrogens is 3. The van der Waals surface area contributed by atoms with Crippen LogP contribution >= 0.6 is 11.3 Å². The highest BCUT2D eigenvalue weighted by atomic mass is 32.1. The lowest BCUT2D eigenvalue weighted by molar-refractivity contribution is 1.17. The Bertz CT molecular complexity index is 2390. The second kappa shape index (κ2) is 7.79. The van der Waals surface area contributed by atoms with Gasteiger partial charge in [0.05, 0.1) is 27.6 Å². The zero-order valence-electron chi connectivity index (χ0n) is 20.9. The molecule has 39 heavy (non-hydrogen) atoms. The Morgan fingerprint density at radius 3 is 2.18 bits per heavy atom. The van der Waals surface area contributed by atoms with Gasteiger partial charge in [-0.2, -0.15) is 0 Å². The lowest BCUT2D eigenvalue weighted by atomic mass is 10.1. The second-order valence-corrected chi connectivity index (χ2v) is 11.1. The van der Waals surface area contributed by atoms with Crippen molar-refractivity contribution >= 4 is 75.3 Å². The predicted molar refractivity (Wildman–Crippen MR) is 166 cm³/mol. The van der Waals surface area contributed by atoms with Crippen molar-refractivity contribution in [1.82, 2.24) is 14.1 Å². The van der Waals surface area contributed by atoms with E-state index in [1.54, 1.807) is 0 Å². The van der Waals surface area contributed by atoms with Crippen LogP contribution in [-0.4, -0.2) is 14.1 Å². The molecule has 0 N–H and O–H groups in total. The molecule has 4 heteroatoms. The van der Waals surface area contributed by atoms with Gasteiger partial charge in [-0.25, -0.2) is 0 Å². The minimum Gasteiger partial charge on any atom is -0.309 e. The minimum absolute atomic E-state index is 1.04. The Morgan fingerprint density at radius 1 is 0.487 bits per heavy atom. The first-order valence-corrected chi connectivity index (χ1v) is 14.0. The molecule has 5 aromatic carbocycles. The summed E-state index contributed by atoms with van der Waals surface area (Å²) in [7, 11) is 0. The Hall–Kier alpha value is -4.93. The molecule has 0 amide bonds. The van der Waals surface area contributed by atoms with Crippen LogP contribution in [0.15, 0.2) is 128 Å². The number of fused-ring (bicyclic) bond motifs is 10. The van der Waals surface area contributed by atoms with Crippen molar-refractivity contribution in [3.63, 3.8) is 0 Å². The van der Waals surface area contributed by atoms with Gasteiger partial charge in [-0.15, -0.1) is 11.3 Å². The van der Waals surface area contributed by atoms with Crippen LogP contribution in [0.1, 0.15) is 0 Å². The number of pyridine rings is 1. The van der Waals surface area contributed by atoms with Crippen molar-refractivity contribution in [2.45, 2.75) is 0 Å². The minimum atomic E-state index is 1.04. The Kier molecular flexibility index (Phi) is 4.21. The molecule has 182 valence electrons. The zero-order chi connectivity index (χ0) is 25.5. The molecule has 0 aliphatic rings. The van der Waals surface area contributed by atoms with Gasteiger partial charge in [0.25, 0.3) is 0 Å². The highest BCUT2D eigenvalue weighted by molar-refractivity contribution is 7.26. The summed E-state index contributed by atoms with van der Waals surface area (Å²) in [5.74, 6) is 0. The van der Waals surface area contributed by atoms with Gasteiger partial charge in [-0.3, -0.25) is 4.98 Å². The standard InChI is InChI=1S/C35H21N3S/c1-2-9-22(10-3-1)37-28-13-6-4-11-24(28)27-21-23(16-18-29(27)37)38-30-14-8-20-36-34(30)26-17-19-32-33(35(26)38)25-12-5-7-15-31(25)39-32/h1-21H. The Balaban J connectivity index is 1.44. The maximum atomic E-state index is 4.86. The summed E-state index contributed by atoms with van der Waals surface area (Å²) < 4.78 is 7.40. The van der Waals surface area contributed by atoms with E-state index in [9.17, 15) is 0 Å². The lowest BCUT2D eigenvalue weighted by Gasteiger charge is -2.11. The van der Waals surface area contributed by atoms with E-state index < -0.39 is 0 Å². The third-order valence-corrected chi connectivity index (χ3v) is 9.09. The maximum Gasteiger partial charge on any atom is 0.0963 e. The maximum absolute atomic E-state index is 4.86. The molecule has 0 radical (unpaired) electrons. The van der Waals surface area contributed by atoms with E-state index in [4.69, 9.17) is 4.98 Å². The molecule has 0 aliphatic carbocycles. The first kappa shape index (κ1) is 21.1. The highest BCUT2D eigenvalue weighted by Gasteiger charge is 2.20. The van der Waals surface area contributed by atoms with Crippen LogP contribution in [0, 0.1) is 0 Å².